The number of hydrogen-bond acceptors (Lipinski definition) is 3. The first kappa shape index (κ1) is 15.6. The van der Waals surface area contributed by atoms with Crippen molar-refractivity contribution < 1.29 is 0 Å². The minimum absolute atomic E-state index is 0.114. The lowest BCUT2D eigenvalue weighted by molar-refractivity contribution is 0.994. The molecule has 4 aromatic rings. The van der Waals surface area contributed by atoms with Crippen molar-refractivity contribution in [3.8, 4) is 0 Å². The number of fused-ring (bicyclic) bond motifs is 2. The highest BCUT2D eigenvalue weighted by molar-refractivity contribution is 5.90. The smallest absolute Gasteiger partial charge is 0.234 e. The summed E-state index contributed by atoms with van der Waals surface area (Å²) in [5.74, 6) is 0.114. The second-order valence-corrected chi connectivity index (χ2v) is 5.75. The van der Waals surface area contributed by atoms with Gasteiger partial charge >= 0.3 is 0 Å². The summed E-state index contributed by atoms with van der Waals surface area (Å²) in [6.07, 6.45) is 7.13. The molecule has 7 nitrogen and oxygen atoms in total. The summed E-state index contributed by atoms with van der Waals surface area (Å²) in [7, 11) is 0. The number of hydrazone groups is 1. The second-order valence-electron chi connectivity index (χ2n) is 5.75. The molecule has 0 bridgehead atoms. The van der Waals surface area contributed by atoms with Crippen LogP contribution in [0.25, 0.3) is 21.8 Å². The molecule has 0 aliphatic heterocycles. The summed E-state index contributed by atoms with van der Waals surface area (Å²) in [5, 5.41) is 14.2. The number of rotatable bonds is 4. The molecule has 0 spiro atoms. The van der Waals surface area contributed by atoms with Crippen molar-refractivity contribution in [1.29, 1.82) is 0 Å². The molecule has 0 unspecified atom stereocenters. The van der Waals surface area contributed by atoms with Crippen molar-refractivity contribution >= 4 is 40.2 Å². The van der Waals surface area contributed by atoms with E-state index in [1.54, 1.807) is 12.4 Å². The minimum atomic E-state index is 0.114. The van der Waals surface area contributed by atoms with Crippen molar-refractivity contribution in [3.05, 3.63) is 72.1 Å². The molecule has 0 saturated heterocycles. The third-order valence-corrected chi connectivity index (χ3v) is 3.92. The van der Waals surface area contributed by atoms with Crippen LogP contribution in [0, 0.1) is 0 Å². The normalized spacial score (nSPS) is 12.7. The van der Waals surface area contributed by atoms with Crippen LogP contribution < -0.4 is 11.2 Å². The number of aromatic nitrogens is 2. The van der Waals surface area contributed by atoms with Gasteiger partial charge in [0.1, 0.15) is 0 Å². The fourth-order valence-electron chi connectivity index (χ4n) is 2.66. The second kappa shape index (κ2) is 6.94. The molecule has 0 amide bonds. The molecule has 0 radical (unpaired) electrons. The van der Waals surface area contributed by atoms with E-state index in [9.17, 15) is 0 Å². The minimum Gasteiger partial charge on any atom is -0.367 e. The Balaban J connectivity index is 1.37. The van der Waals surface area contributed by atoms with Crippen LogP contribution in [-0.2, 0) is 0 Å². The van der Waals surface area contributed by atoms with Crippen LogP contribution in [-0.4, -0.2) is 28.4 Å². The zero-order valence-electron chi connectivity index (χ0n) is 13.8. The molecule has 5 N–H and O–H groups in total. The molecule has 2 heterocycles. The number of H-pyrrole nitrogens is 2. The monoisotopic (exact) mass is 343 g/mol. The molecule has 4 rings (SSSR count). The molecular weight excluding hydrogens is 326 g/mol. The summed E-state index contributed by atoms with van der Waals surface area (Å²) in [5.41, 5.74) is 12.5. The van der Waals surface area contributed by atoms with E-state index in [1.165, 1.54) is 0 Å². The van der Waals surface area contributed by atoms with E-state index in [1.807, 2.05) is 60.9 Å². The lowest BCUT2D eigenvalue weighted by Gasteiger charge is -1.97. The molecule has 26 heavy (non-hydrogen) atoms. The first-order valence-electron chi connectivity index (χ1n) is 8.08. The van der Waals surface area contributed by atoms with Crippen molar-refractivity contribution in [2.24, 2.45) is 21.0 Å². The van der Waals surface area contributed by atoms with Gasteiger partial charge in [0, 0.05) is 23.4 Å². The molecule has 0 saturated carbocycles. The summed E-state index contributed by atoms with van der Waals surface area (Å²) in [4.78, 5) is 6.30. The molecule has 0 atom stereocenters. The number of nitrogens with two attached hydrogens (primary N) is 1. The van der Waals surface area contributed by atoms with Crippen LogP contribution in [0.3, 0.4) is 0 Å². The average Bonchev–Trinajstić information content (AvgIpc) is 3.29. The molecule has 0 aliphatic carbocycles. The van der Waals surface area contributed by atoms with Gasteiger partial charge in [-0.2, -0.15) is 10.2 Å². The van der Waals surface area contributed by atoms with Crippen LogP contribution >= 0.6 is 0 Å². The SMILES string of the molecule is NC(=NN=Cc1ccc2[nH]ccc2c1)NN=Cc1ccc2[nH]ccc2c1. The van der Waals surface area contributed by atoms with Crippen molar-refractivity contribution in [1.82, 2.24) is 15.4 Å². The van der Waals surface area contributed by atoms with Gasteiger partial charge in [0.15, 0.2) is 0 Å². The number of benzene rings is 2. The molecule has 128 valence electrons. The lowest BCUT2D eigenvalue weighted by atomic mass is 10.2. The molecule has 0 fully saturated rings. The average molecular weight is 343 g/mol. The molecule has 2 aromatic heterocycles. The maximum absolute atomic E-state index is 5.75. The highest BCUT2D eigenvalue weighted by atomic mass is 15.4. The summed E-state index contributed by atoms with van der Waals surface area (Å²) < 4.78 is 0. The fourth-order valence-corrected chi connectivity index (χ4v) is 2.66. The Morgan fingerprint density at radius 1 is 0.846 bits per heavy atom. The highest BCUT2D eigenvalue weighted by Gasteiger charge is 1.96. The largest absolute Gasteiger partial charge is 0.367 e. The Bertz CT molecular complexity index is 1130. The first-order valence-corrected chi connectivity index (χ1v) is 8.08. The standard InChI is InChI=1S/C19H17N7/c20-19(25-23-11-13-1-3-17-15(9-13)5-7-21-17)26-24-12-14-2-4-18-16(10-14)6-8-22-18/h1-12,21-22H,(H3,20,25,26). The Hall–Kier alpha value is -3.87. The number of nitrogens with one attached hydrogen (secondary N) is 3. The van der Waals surface area contributed by atoms with Gasteiger partial charge in [-0.05, 0) is 58.3 Å². The number of nitrogens with zero attached hydrogens (tertiary/aromatic N) is 3. The Labute approximate surface area is 149 Å². The van der Waals surface area contributed by atoms with E-state index in [2.05, 4.69) is 30.7 Å². The Morgan fingerprint density at radius 2 is 1.46 bits per heavy atom. The van der Waals surface area contributed by atoms with Crippen LogP contribution in [0.1, 0.15) is 11.1 Å². The van der Waals surface area contributed by atoms with Crippen LogP contribution in [0.15, 0.2) is 76.2 Å². The van der Waals surface area contributed by atoms with E-state index in [-0.39, 0.29) is 5.96 Å². The molecule has 0 aliphatic rings. The predicted octanol–water partition coefficient (Wildman–Crippen LogP) is 2.92. The zero-order valence-corrected chi connectivity index (χ0v) is 13.8. The van der Waals surface area contributed by atoms with Crippen molar-refractivity contribution in [2.45, 2.75) is 0 Å². The number of hydrogen-bond donors (Lipinski definition) is 4. The van der Waals surface area contributed by atoms with E-state index in [0.717, 1.165) is 32.9 Å². The van der Waals surface area contributed by atoms with Crippen LogP contribution in [0.2, 0.25) is 0 Å². The topological polar surface area (TPSA) is 107 Å². The van der Waals surface area contributed by atoms with Gasteiger partial charge in [0.25, 0.3) is 0 Å². The van der Waals surface area contributed by atoms with Gasteiger partial charge in [-0.25, -0.2) is 5.43 Å². The molecule has 7 heteroatoms. The van der Waals surface area contributed by atoms with Gasteiger partial charge in [-0.1, -0.05) is 12.1 Å². The maximum atomic E-state index is 5.75. The van der Waals surface area contributed by atoms with Crippen molar-refractivity contribution in [3.63, 3.8) is 0 Å². The predicted molar refractivity (Wildman–Crippen MR) is 107 cm³/mol. The van der Waals surface area contributed by atoms with Gasteiger partial charge < -0.3 is 15.7 Å². The van der Waals surface area contributed by atoms with E-state index in [0.29, 0.717) is 0 Å². The maximum Gasteiger partial charge on any atom is 0.234 e. The fraction of sp³-hybridized carbons (Fsp3) is 0. The molecular formula is C19H17N7. The van der Waals surface area contributed by atoms with E-state index < -0.39 is 0 Å². The van der Waals surface area contributed by atoms with E-state index >= 15 is 0 Å². The first-order chi connectivity index (χ1) is 12.8. The zero-order chi connectivity index (χ0) is 17.8. The third-order valence-electron chi connectivity index (χ3n) is 3.92. The van der Waals surface area contributed by atoms with Crippen LogP contribution in [0.4, 0.5) is 0 Å². The summed E-state index contributed by atoms with van der Waals surface area (Å²) >= 11 is 0. The third kappa shape index (κ3) is 3.46. The van der Waals surface area contributed by atoms with Gasteiger partial charge in [-0.3, -0.25) is 0 Å². The number of guanidine groups is 1. The Morgan fingerprint density at radius 3 is 2.12 bits per heavy atom. The summed E-state index contributed by atoms with van der Waals surface area (Å²) in [6.45, 7) is 0. The van der Waals surface area contributed by atoms with Crippen molar-refractivity contribution in [2.75, 3.05) is 0 Å². The van der Waals surface area contributed by atoms with Gasteiger partial charge in [0.05, 0.1) is 12.4 Å². The highest BCUT2D eigenvalue weighted by Crippen LogP contribution is 2.13. The molecule has 2 aromatic carbocycles. The quantitative estimate of drug-likeness (QED) is 0.260. The van der Waals surface area contributed by atoms with E-state index in [4.69, 9.17) is 5.73 Å². The Kier molecular flexibility index (Phi) is 4.17. The summed E-state index contributed by atoms with van der Waals surface area (Å²) in [6, 6.07) is 16.0. The lowest BCUT2D eigenvalue weighted by Crippen LogP contribution is -2.26. The van der Waals surface area contributed by atoms with Gasteiger partial charge in [-0.15, -0.1) is 5.10 Å². The number of aromatic amines is 2. The van der Waals surface area contributed by atoms with Crippen LogP contribution in [0.5, 0.6) is 0 Å². The van der Waals surface area contributed by atoms with Gasteiger partial charge in [0.2, 0.25) is 5.96 Å².